The fourth-order valence-electron chi connectivity index (χ4n) is 4.59. The maximum absolute atomic E-state index is 6.08. The first-order chi connectivity index (χ1) is 17.8. The summed E-state index contributed by atoms with van der Waals surface area (Å²) in [6, 6.07) is 16.2. The molecule has 8 heteroatoms. The lowest BCUT2D eigenvalue weighted by atomic mass is 9.95. The van der Waals surface area contributed by atoms with Gasteiger partial charge in [0.15, 0.2) is 0 Å². The number of hydrogen-bond donors (Lipinski definition) is 2. The van der Waals surface area contributed by atoms with Crippen LogP contribution >= 0.6 is 0 Å². The molecule has 2 N–H and O–H groups in total. The van der Waals surface area contributed by atoms with Crippen LogP contribution in [0.2, 0.25) is 0 Å². The molecule has 2 aromatic carbocycles. The van der Waals surface area contributed by atoms with E-state index in [1.54, 1.807) is 13.3 Å². The Balaban J connectivity index is 1.34. The van der Waals surface area contributed by atoms with Crippen LogP contribution in [0.15, 0.2) is 73.3 Å². The number of H-pyrrole nitrogens is 1. The highest BCUT2D eigenvalue weighted by atomic mass is 16.5. The zero-order valence-electron chi connectivity index (χ0n) is 19.9. The van der Waals surface area contributed by atoms with Gasteiger partial charge in [0.1, 0.15) is 23.1 Å². The van der Waals surface area contributed by atoms with Gasteiger partial charge in [-0.2, -0.15) is 5.10 Å². The van der Waals surface area contributed by atoms with Crippen molar-refractivity contribution in [3.05, 3.63) is 90.3 Å². The van der Waals surface area contributed by atoms with E-state index in [0.717, 1.165) is 70.1 Å². The Kier molecular flexibility index (Phi) is 5.91. The van der Waals surface area contributed by atoms with Crippen LogP contribution in [0.5, 0.6) is 11.5 Å². The van der Waals surface area contributed by atoms with Crippen LogP contribution in [0, 0.1) is 0 Å². The molecule has 6 rings (SSSR count). The van der Waals surface area contributed by atoms with Crippen LogP contribution in [0.3, 0.4) is 0 Å². The summed E-state index contributed by atoms with van der Waals surface area (Å²) in [4.78, 5) is 14.2. The Morgan fingerprint density at radius 2 is 2.06 bits per heavy atom. The molecule has 180 valence electrons. The molecule has 4 heterocycles. The van der Waals surface area contributed by atoms with Crippen molar-refractivity contribution in [2.24, 2.45) is 0 Å². The number of nitrogens with one attached hydrogen (secondary N) is 2. The Labute approximate surface area is 208 Å². The monoisotopic (exact) mass is 478 g/mol. The number of anilines is 1. The van der Waals surface area contributed by atoms with Crippen molar-refractivity contribution in [1.29, 1.82) is 0 Å². The second-order valence-corrected chi connectivity index (χ2v) is 8.87. The summed E-state index contributed by atoms with van der Waals surface area (Å²) in [6.07, 6.45) is 9.02. The molecule has 1 atom stereocenters. The fraction of sp³-hybridized carbons (Fsp3) is 0.214. The van der Waals surface area contributed by atoms with Gasteiger partial charge in [0.05, 0.1) is 31.3 Å². The maximum Gasteiger partial charge on any atom is 0.138 e. The number of rotatable bonds is 7. The van der Waals surface area contributed by atoms with Crippen LogP contribution in [-0.2, 0) is 12.8 Å². The SMILES string of the molecule is COc1ccc2c(c1)CC(c1nc(NCCc3cccnc3)c3cc(-c4cn[nH]c4)ccc3n1)CO2. The number of fused-ring (bicyclic) bond motifs is 2. The molecule has 0 aliphatic carbocycles. The zero-order valence-corrected chi connectivity index (χ0v) is 19.9. The van der Waals surface area contributed by atoms with Gasteiger partial charge in [-0.25, -0.2) is 9.97 Å². The maximum atomic E-state index is 6.08. The number of ether oxygens (including phenoxy) is 2. The van der Waals surface area contributed by atoms with Crippen molar-refractivity contribution in [3.63, 3.8) is 0 Å². The molecule has 8 nitrogen and oxygen atoms in total. The van der Waals surface area contributed by atoms with Crippen molar-refractivity contribution in [2.75, 3.05) is 25.6 Å². The Bertz CT molecular complexity index is 1490. The van der Waals surface area contributed by atoms with Gasteiger partial charge < -0.3 is 14.8 Å². The summed E-state index contributed by atoms with van der Waals surface area (Å²) in [5.41, 5.74) is 5.26. The predicted molar refractivity (Wildman–Crippen MR) is 138 cm³/mol. The van der Waals surface area contributed by atoms with Crippen molar-refractivity contribution >= 4 is 16.7 Å². The third-order valence-corrected chi connectivity index (χ3v) is 6.51. The van der Waals surface area contributed by atoms with E-state index in [1.807, 2.05) is 42.9 Å². The summed E-state index contributed by atoms with van der Waals surface area (Å²) in [6.45, 7) is 1.27. The number of methoxy groups -OCH3 is 1. The standard InChI is InChI=1S/C28H26N6O2/c1-35-23-5-7-26-20(12-23)11-21(17-36-26)27-33-25-6-4-19(22-15-31-32-16-22)13-24(25)28(34-27)30-10-8-18-3-2-9-29-14-18/h2-7,9,12-16,21H,8,10-11,17H2,1H3,(H,31,32)(H,30,33,34). The molecule has 0 fully saturated rings. The molecule has 0 spiro atoms. The van der Waals surface area contributed by atoms with E-state index in [-0.39, 0.29) is 5.92 Å². The highest BCUT2D eigenvalue weighted by molar-refractivity contribution is 5.92. The molecule has 3 aromatic heterocycles. The molecule has 1 unspecified atom stereocenters. The Morgan fingerprint density at radius 3 is 2.89 bits per heavy atom. The molecule has 0 amide bonds. The van der Waals surface area contributed by atoms with E-state index in [4.69, 9.17) is 19.4 Å². The second kappa shape index (κ2) is 9.65. The zero-order chi connectivity index (χ0) is 24.3. The van der Waals surface area contributed by atoms with Crippen molar-refractivity contribution < 1.29 is 9.47 Å². The smallest absolute Gasteiger partial charge is 0.138 e. The summed E-state index contributed by atoms with van der Waals surface area (Å²) >= 11 is 0. The Morgan fingerprint density at radius 1 is 1.08 bits per heavy atom. The molecule has 1 aliphatic heterocycles. The third-order valence-electron chi connectivity index (χ3n) is 6.51. The molecule has 5 aromatic rings. The van der Waals surface area contributed by atoms with E-state index in [0.29, 0.717) is 6.61 Å². The van der Waals surface area contributed by atoms with Gasteiger partial charge in [-0.15, -0.1) is 0 Å². The average molecular weight is 479 g/mol. The molecule has 1 aliphatic rings. The number of aromatic nitrogens is 5. The summed E-state index contributed by atoms with van der Waals surface area (Å²) in [5.74, 6) is 3.35. The third kappa shape index (κ3) is 4.45. The molecule has 36 heavy (non-hydrogen) atoms. The average Bonchev–Trinajstić information content (AvgIpc) is 3.48. The van der Waals surface area contributed by atoms with E-state index in [1.165, 1.54) is 5.56 Å². The minimum atomic E-state index is 0.0430. The lowest BCUT2D eigenvalue weighted by molar-refractivity contribution is 0.257. The minimum absolute atomic E-state index is 0.0430. The lowest BCUT2D eigenvalue weighted by Gasteiger charge is -2.25. The summed E-state index contributed by atoms with van der Waals surface area (Å²) in [5, 5.41) is 11.5. The fourth-order valence-corrected chi connectivity index (χ4v) is 4.59. The summed E-state index contributed by atoms with van der Waals surface area (Å²) in [7, 11) is 1.68. The van der Waals surface area contributed by atoms with Crippen LogP contribution in [0.1, 0.15) is 22.9 Å². The molecular weight excluding hydrogens is 452 g/mol. The van der Waals surface area contributed by atoms with Crippen LogP contribution in [0.25, 0.3) is 22.0 Å². The number of benzene rings is 2. The van der Waals surface area contributed by atoms with Crippen molar-refractivity contribution in [2.45, 2.75) is 18.8 Å². The van der Waals surface area contributed by atoms with Gasteiger partial charge in [-0.3, -0.25) is 10.1 Å². The predicted octanol–water partition coefficient (Wildman–Crippen LogP) is 4.80. The number of nitrogens with zero attached hydrogens (tertiary/aromatic N) is 4. The highest BCUT2D eigenvalue weighted by Gasteiger charge is 2.25. The topological polar surface area (TPSA) is 97.8 Å². The van der Waals surface area contributed by atoms with Gasteiger partial charge in [0.25, 0.3) is 0 Å². The number of hydrogen-bond acceptors (Lipinski definition) is 7. The number of pyridine rings is 1. The minimum Gasteiger partial charge on any atom is -0.497 e. The quantitative estimate of drug-likeness (QED) is 0.347. The molecule has 0 saturated carbocycles. The van der Waals surface area contributed by atoms with Crippen LogP contribution in [-0.4, -0.2) is 45.4 Å². The van der Waals surface area contributed by atoms with Gasteiger partial charge >= 0.3 is 0 Å². The normalized spacial score (nSPS) is 14.8. The Hall–Kier alpha value is -4.46. The van der Waals surface area contributed by atoms with E-state index < -0.39 is 0 Å². The van der Waals surface area contributed by atoms with Crippen molar-refractivity contribution in [3.8, 4) is 22.6 Å². The largest absolute Gasteiger partial charge is 0.497 e. The van der Waals surface area contributed by atoms with Crippen molar-refractivity contribution in [1.82, 2.24) is 25.1 Å². The van der Waals surface area contributed by atoms with Gasteiger partial charge in [-0.05, 0) is 65.9 Å². The van der Waals surface area contributed by atoms with Gasteiger partial charge in [-0.1, -0.05) is 12.1 Å². The molecular formula is C28H26N6O2. The first-order valence-electron chi connectivity index (χ1n) is 12.0. The highest BCUT2D eigenvalue weighted by Crippen LogP contribution is 2.35. The first-order valence-corrected chi connectivity index (χ1v) is 12.0. The van der Waals surface area contributed by atoms with E-state index in [2.05, 4.69) is 44.8 Å². The molecule has 0 radical (unpaired) electrons. The van der Waals surface area contributed by atoms with Crippen LogP contribution in [0.4, 0.5) is 5.82 Å². The molecule has 0 bridgehead atoms. The van der Waals surface area contributed by atoms with E-state index in [9.17, 15) is 0 Å². The second-order valence-electron chi connectivity index (χ2n) is 8.87. The summed E-state index contributed by atoms with van der Waals surface area (Å²) < 4.78 is 11.5. The first kappa shape index (κ1) is 22.0. The van der Waals surface area contributed by atoms with Gasteiger partial charge in [0, 0.05) is 36.1 Å². The molecule has 0 saturated heterocycles. The number of aromatic amines is 1. The van der Waals surface area contributed by atoms with Crippen LogP contribution < -0.4 is 14.8 Å². The van der Waals surface area contributed by atoms with Gasteiger partial charge in [0.2, 0.25) is 0 Å². The van der Waals surface area contributed by atoms with E-state index >= 15 is 0 Å². The lowest BCUT2D eigenvalue weighted by Crippen LogP contribution is -2.22.